The molecule has 0 saturated heterocycles. The summed E-state index contributed by atoms with van der Waals surface area (Å²) in [4.78, 5) is 0. The maximum absolute atomic E-state index is 5.83. The van der Waals surface area contributed by atoms with Crippen molar-refractivity contribution in [2.75, 3.05) is 7.11 Å². The summed E-state index contributed by atoms with van der Waals surface area (Å²) in [5.74, 6) is 1.27. The molecule has 0 amide bonds. The van der Waals surface area contributed by atoms with Gasteiger partial charge in [-0.3, -0.25) is 0 Å². The second-order valence-corrected chi connectivity index (χ2v) is 5.73. The Hall–Kier alpha value is -1.60. The van der Waals surface area contributed by atoms with Crippen molar-refractivity contribution in [2.24, 2.45) is 5.73 Å². The van der Waals surface area contributed by atoms with Gasteiger partial charge in [0.1, 0.15) is 18.0 Å². The lowest BCUT2D eigenvalue weighted by Gasteiger charge is -2.14. The summed E-state index contributed by atoms with van der Waals surface area (Å²) in [6.45, 7) is 4.04. The van der Waals surface area contributed by atoms with E-state index >= 15 is 0 Å². The quantitative estimate of drug-likeness (QED) is 0.857. The summed E-state index contributed by atoms with van der Waals surface area (Å²) < 4.78 is 16.6. The first-order valence-corrected chi connectivity index (χ1v) is 7.33. The molecule has 0 spiro atoms. The van der Waals surface area contributed by atoms with E-state index in [1.54, 1.807) is 7.11 Å². The van der Waals surface area contributed by atoms with E-state index in [2.05, 4.69) is 30.9 Å². The van der Waals surface area contributed by atoms with Gasteiger partial charge in [-0.2, -0.15) is 0 Å². The molecule has 1 aromatic heterocycles. The number of benzene rings is 1. The van der Waals surface area contributed by atoms with E-state index in [0.717, 1.165) is 16.5 Å². The molecule has 1 heterocycles. The zero-order valence-corrected chi connectivity index (χ0v) is 13.8. The van der Waals surface area contributed by atoms with Crippen molar-refractivity contribution in [2.45, 2.75) is 32.9 Å². The Morgan fingerprint density at radius 2 is 2.14 bits per heavy atom. The fourth-order valence-electron chi connectivity index (χ4n) is 1.92. The number of ether oxygens (including phenoxy) is 2. The van der Waals surface area contributed by atoms with Crippen LogP contribution >= 0.6 is 15.9 Å². The molecule has 2 rings (SSSR count). The first kappa shape index (κ1) is 15.8. The van der Waals surface area contributed by atoms with Crippen LogP contribution in [-0.2, 0) is 13.0 Å². The van der Waals surface area contributed by atoms with Gasteiger partial charge in [-0.15, -0.1) is 0 Å². The smallest absolute Gasteiger partial charge is 0.175 e. The third kappa shape index (κ3) is 3.95. The van der Waals surface area contributed by atoms with E-state index in [1.165, 1.54) is 0 Å². The molecule has 6 nitrogen and oxygen atoms in total. The van der Waals surface area contributed by atoms with Gasteiger partial charge in [0, 0.05) is 6.04 Å². The van der Waals surface area contributed by atoms with Crippen LogP contribution in [0.25, 0.3) is 0 Å². The first-order valence-electron chi connectivity index (χ1n) is 6.54. The molecule has 1 unspecified atom stereocenters. The molecule has 7 heteroatoms. The first-order chi connectivity index (χ1) is 10.0. The van der Waals surface area contributed by atoms with Crippen molar-refractivity contribution >= 4 is 15.9 Å². The van der Waals surface area contributed by atoms with Crippen LogP contribution in [0, 0.1) is 6.92 Å². The largest absolute Gasteiger partial charge is 0.493 e. The highest BCUT2D eigenvalue weighted by atomic mass is 79.9. The SMILES string of the molecule is COc1cc(CC(C)N)cc(Br)c1OCc1nonc1C. The number of hydrogen-bond acceptors (Lipinski definition) is 6. The number of halogens is 1. The van der Waals surface area contributed by atoms with Crippen molar-refractivity contribution in [1.82, 2.24) is 10.3 Å². The predicted octanol–water partition coefficient (Wildman–Crippen LogP) is 2.62. The van der Waals surface area contributed by atoms with Crippen LogP contribution in [0.15, 0.2) is 21.2 Å². The molecule has 114 valence electrons. The average molecular weight is 356 g/mol. The van der Waals surface area contributed by atoms with E-state index in [1.807, 2.05) is 26.0 Å². The Bertz CT molecular complexity index is 614. The molecule has 0 aliphatic rings. The number of hydrogen-bond donors (Lipinski definition) is 1. The molecule has 1 aromatic carbocycles. The summed E-state index contributed by atoms with van der Waals surface area (Å²) in [6.07, 6.45) is 0.765. The zero-order chi connectivity index (χ0) is 15.4. The van der Waals surface area contributed by atoms with Crippen LogP contribution < -0.4 is 15.2 Å². The average Bonchev–Trinajstić information content (AvgIpc) is 2.82. The normalized spacial score (nSPS) is 12.2. The number of methoxy groups -OCH3 is 1. The second kappa shape index (κ2) is 6.91. The van der Waals surface area contributed by atoms with Gasteiger partial charge >= 0.3 is 0 Å². The molecule has 21 heavy (non-hydrogen) atoms. The van der Waals surface area contributed by atoms with Crippen LogP contribution in [-0.4, -0.2) is 23.5 Å². The summed E-state index contributed by atoms with van der Waals surface area (Å²) in [7, 11) is 1.60. The van der Waals surface area contributed by atoms with E-state index < -0.39 is 0 Å². The van der Waals surface area contributed by atoms with Crippen molar-refractivity contribution in [1.29, 1.82) is 0 Å². The highest BCUT2D eigenvalue weighted by Crippen LogP contribution is 2.37. The Morgan fingerprint density at radius 3 is 2.71 bits per heavy atom. The monoisotopic (exact) mass is 355 g/mol. The van der Waals surface area contributed by atoms with Gasteiger partial charge < -0.3 is 15.2 Å². The molecular weight excluding hydrogens is 338 g/mol. The minimum absolute atomic E-state index is 0.0808. The maximum atomic E-state index is 5.83. The van der Waals surface area contributed by atoms with Gasteiger partial charge in [-0.25, -0.2) is 4.63 Å². The molecule has 0 aliphatic carbocycles. The summed E-state index contributed by atoms with van der Waals surface area (Å²) in [6, 6.07) is 3.99. The lowest BCUT2D eigenvalue weighted by molar-refractivity contribution is 0.259. The van der Waals surface area contributed by atoms with E-state index in [0.29, 0.717) is 22.9 Å². The van der Waals surface area contributed by atoms with Gasteiger partial charge in [0.05, 0.1) is 11.6 Å². The molecule has 0 aliphatic heterocycles. The molecule has 0 bridgehead atoms. The summed E-state index contributed by atoms with van der Waals surface area (Å²) in [5, 5.41) is 7.51. The molecule has 2 aromatic rings. The standard InChI is InChI=1S/C14H18BrN3O3/c1-8(16)4-10-5-11(15)14(13(6-10)19-3)20-7-12-9(2)17-21-18-12/h5-6,8H,4,7,16H2,1-3H3. The fraction of sp³-hybridized carbons (Fsp3) is 0.429. The van der Waals surface area contributed by atoms with E-state index in [-0.39, 0.29) is 12.6 Å². The van der Waals surface area contributed by atoms with Crippen molar-refractivity contribution in [3.63, 3.8) is 0 Å². The molecular formula is C14H18BrN3O3. The minimum atomic E-state index is 0.0808. The Morgan fingerprint density at radius 1 is 1.38 bits per heavy atom. The van der Waals surface area contributed by atoms with Gasteiger partial charge in [0.25, 0.3) is 0 Å². The Labute approximate surface area is 131 Å². The molecule has 1 atom stereocenters. The van der Waals surface area contributed by atoms with Crippen LogP contribution in [0.4, 0.5) is 0 Å². The topological polar surface area (TPSA) is 83.4 Å². The lowest BCUT2D eigenvalue weighted by Crippen LogP contribution is -2.17. The zero-order valence-electron chi connectivity index (χ0n) is 12.2. The molecule has 0 saturated carbocycles. The maximum Gasteiger partial charge on any atom is 0.175 e. The highest BCUT2D eigenvalue weighted by Gasteiger charge is 2.14. The third-order valence-electron chi connectivity index (χ3n) is 2.95. The fourth-order valence-corrected chi connectivity index (χ4v) is 2.53. The van der Waals surface area contributed by atoms with Crippen molar-refractivity contribution in [3.05, 3.63) is 33.6 Å². The van der Waals surface area contributed by atoms with Crippen LogP contribution in [0.5, 0.6) is 11.5 Å². The van der Waals surface area contributed by atoms with Gasteiger partial charge in [0.2, 0.25) is 0 Å². The number of nitrogens with zero attached hydrogens (tertiary/aromatic N) is 2. The number of aromatic nitrogens is 2. The van der Waals surface area contributed by atoms with Crippen molar-refractivity contribution < 1.29 is 14.1 Å². The minimum Gasteiger partial charge on any atom is -0.493 e. The summed E-state index contributed by atoms with van der Waals surface area (Å²) in [5.41, 5.74) is 8.28. The highest BCUT2D eigenvalue weighted by molar-refractivity contribution is 9.10. The Kier molecular flexibility index (Phi) is 5.19. The van der Waals surface area contributed by atoms with Crippen LogP contribution in [0.2, 0.25) is 0 Å². The van der Waals surface area contributed by atoms with Gasteiger partial charge in [-0.1, -0.05) is 10.3 Å². The van der Waals surface area contributed by atoms with Crippen molar-refractivity contribution in [3.8, 4) is 11.5 Å². The van der Waals surface area contributed by atoms with E-state index in [4.69, 9.17) is 15.2 Å². The van der Waals surface area contributed by atoms with Crippen LogP contribution in [0.3, 0.4) is 0 Å². The van der Waals surface area contributed by atoms with Gasteiger partial charge in [-0.05, 0) is 53.9 Å². The predicted molar refractivity (Wildman–Crippen MR) is 81.4 cm³/mol. The summed E-state index contributed by atoms with van der Waals surface area (Å²) >= 11 is 3.51. The lowest BCUT2D eigenvalue weighted by atomic mass is 10.1. The number of nitrogens with two attached hydrogens (primary N) is 1. The molecule has 2 N–H and O–H groups in total. The van der Waals surface area contributed by atoms with E-state index in [9.17, 15) is 0 Å². The van der Waals surface area contributed by atoms with Crippen LogP contribution in [0.1, 0.15) is 23.9 Å². The van der Waals surface area contributed by atoms with Gasteiger partial charge in [0.15, 0.2) is 11.5 Å². The number of rotatable bonds is 6. The number of aryl methyl sites for hydroxylation is 1. The second-order valence-electron chi connectivity index (χ2n) is 4.88. The Balaban J connectivity index is 2.20. The third-order valence-corrected chi connectivity index (χ3v) is 3.54. The molecule has 0 fully saturated rings. The molecule has 0 radical (unpaired) electrons.